The molecule has 1 atom stereocenters. The van der Waals surface area contributed by atoms with Crippen LogP contribution in [0.1, 0.15) is 34.7 Å². The van der Waals surface area contributed by atoms with Crippen LogP contribution in [-0.2, 0) is 4.74 Å². The largest absolute Gasteiger partial charge is 0.504 e. The molecule has 2 N–H and O–H groups in total. The number of hydrogen-bond acceptors (Lipinski definition) is 5. The van der Waals surface area contributed by atoms with E-state index in [1.165, 1.54) is 20.3 Å². The summed E-state index contributed by atoms with van der Waals surface area (Å²) in [5, 5.41) is 13.5. The Kier molecular flexibility index (Phi) is 4.27. The first-order valence-electron chi connectivity index (χ1n) is 6.37. The van der Waals surface area contributed by atoms with E-state index in [1.807, 2.05) is 0 Å². The summed E-state index contributed by atoms with van der Waals surface area (Å²) < 4.78 is 9.86. The minimum Gasteiger partial charge on any atom is -0.504 e. The zero-order chi connectivity index (χ0) is 13.8. The Labute approximate surface area is 112 Å². The monoisotopic (exact) mass is 265 g/mol. The third-order valence-electron chi connectivity index (χ3n) is 3.48. The lowest BCUT2D eigenvalue weighted by Gasteiger charge is -2.24. The summed E-state index contributed by atoms with van der Waals surface area (Å²) in [4.78, 5) is 11.7. The molecule has 0 bridgehead atoms. The lowest BCUT2D eigenvalue weighted by atomic mass is 9.89. The van der Waals surface area contributed by atoms with Crippen molar-refractivity contribution in [3.8, 4) is 11.5 Å². The van der Waals surface area contributed by atoms with Crippen LogP contribution in [0.3, 0.4) is 0 Å². The van der Waals surface area contributed by atoms with Crippen LogP contribution in [0.25, 0.3) is 0 Å². The first-order valence-corrected chi connectivity index (χ1v) is 6.37. The predicted octanol–water partition coefficient (Wildman–Crippen LogP) is 1.65. The van der Waals surface area contributed by atoms with E-state index in [4.69, 9.17) is 9.47 Å². The van der Waals surface area contributed by atoms with E-state index in [9.17, 15) is 9.90 Å². The number of nitrogens with one attached hydrogen (secondary N) is 1. The molecule has 1 aliphatic heterocycles. The van der Waals surface area contributed by atoms with Crippen molar-refractivity contribution in [1.29, 1.82) is 0 Å². The Bertz CT molecular complexity index is 467. The Morgan fingerprint density at radius 1 is 1.42 bits per heavy atom. The molecule has 1 fully saturated rings. The van der Waals surface area contributed by atoms with Crippen LogP contribution in [0.15, 0.2) is 12.1 Å². The van der Waals surface area contributed by atoms with Gasteiger partial charge >= 0.3 is 5.97 Å². The van der Waals surface area contributed by atoms with E-state index >= 15 is 0 Å². The standard InChI is InChI=1S/C14H19NO4/c1-18-12-7-10(14(17)19-2)6-11(13(12)16)9-4-3-5-15-8-9/h6-7,9,15-16H,3-5,8H2,1-2H3. The Morgan fingerprint density at radius 3 is 2.79 bits per heavy atom. The molecule has 0 saturated carbocycles. The van der Waals surface area contributed by atoms with Crippen LogP contribution in [0.2, 0.25) is 0 Å². The van der Waals surface area contributed by atoms with Crippen LogP contribution >= 0.6 is 0 Å². The summed E-state index contributed by atoms with van der Waals surface area (Å²) in [7, 11) is 2.81. The van der Waals surface area contributed by atoms with Gasteiger partial charge in [-0.3, -0.25) is 0 Å². The highest BCUT2D eigenvalue weighted by molar-refractivity contribution is 5.90. The SMILES string of the molecule is COC(=O)c1cc(OC)c(O)c(C2CCCNC2)c1. The molecule has 1 saturated heterocycles. The summed E-state index contributed by atoms with van der Waals surface area (Å²) in [5.74, 6) is 0.183. The summed E-state index contributed by atoms with van der Waals surface area (Å²) in [6.07, 6.45) is 2.03. The number of piperidine rings is 1. The molecule has 0 radical (unpaired) electrons. The topological polar surface area (TPSA) is 67.8 Å². The number of phenolic OH excluding ortho intramolecular Hbond substituents is 1. The van der Waals surface area contributed by atoms with Crippen molar-refractivity contribution in [3.63, 3.8) is 0 Å². The summed E-state index contributed by atoms with van der Waals surface area (Å²) in [6.45, 7) is 1.78. The second kappa shape index (κ2) is 5.93. The quantitative estimate of drug-likeness (QED) is 0.813. The summed E-state index contributed by atoms with van der Waals surface area (Å²) >= 11 is 0. The molecule has 1 aromatic carbocycles. The fraction of sp³-hybridized carbons (Fsp3) is 0.500. The second-order valence-electron chi connectivity index (χ2n) is 4.65. The number of hydrogen-bond donors (Lipinski definition) is 2. The fourth-order valence-electron chi connectivity index (χ4n) is 2.45. The zero-order valence-corrected chi connectivity index (χ0v) is 11.2. The van der Waals surface area contributed by atoms with Crippen LogP contribution in [-0.4, -0.2) is 38.4 Å². The minimum absolute atomic E-state index is 0.115. The van der Waals surface area contributed by atoms with Gasteiger partial charge in [-0.1, -0.05) is 0 Å². The average molecular weight is 265 g/mol. The number of benzene rings is 1. The number of methoxy groups -OCH3 is 2. The van der Waals surface area contributed by atoms with Crippen LogP contribution in [0, 0.1) is 0 Å². The van der Waals surface area contributed by atoms with Crippen molar-refractivity contribution in [2.45, 2.75) is 18.8 Å². The van der Waals surface area contributed by atoms with Gasteiger partial charge in [-0.25, -0.2) is 4.79 Å². The maximum absolute atomic E-state index is 11.7. The second-order valence-corrected chi connectivity index (χ2v) is 4.65. The van der Waals surface area contributed by atoms with Crippen molar-refractivity contribution in [2.75, 3.05) is 27.3 Å². The predicted molar refractivity (Wildman–Crippen MR) is 70.8 cm³/mol. The van der Waals surface area contributed by atoms with Gasteiger partial charge in [-0.15, -0.1) is 0 Å². The maximum Gasteiger partial charge on any atom is 0.337 e. The number of esters is 1. The maximum atomic E-state index is 11.7. The van der Waals surface area contributed by atoms with Crippen LogP contribution < -0.4 is 10.1 Å². The van der Waals surface area contributed by atoms with Gasteiger partial charge in [0.2, 0.25) is 0 Å². The first kappa shape index (κ1) is 13.7. The van der Waals surface area contributed by atoms with Crippen molar-refractivity contribution in [1.82, 2.24) is 5.32 Å². The molecular formula is C14H19NO4. The molecule has 5 heteroatoms. The van der Waals surface area contributed by atoms with E-state index in [0.717, 1.165) is 31.5 Å². The number of carbonyl (C=O) groups is 1. The Balaban J connectivity index is 2.42. The first-order chi connectivity index (χ1) is 9.17. The highest BCUT2D eigenvalue weighted by Crippen LogP contribution is 2.38. The minimum atomic E-state index is -0.427. The van der Waals surface area contributed by atoms with Gasteiger partial charge in [0.1, 0.15) is 0 Å². The Hall–Kier alpha value is -1.75. The van der Waals surface area contributed by atoms with Crippen molar-refractivity contribution in [2.24, 2.45) is 0 Å². The van der Waals surface area contributed by atoms with Gasteiger partial charge < -0.3 is 19.9 Å². The lowest BCUT2D eigenvalue weighted by molar-refractivity contribution is 0.0600. The molecule has 0 aromatic heterocycles. The number of aromatic hydroxyl groups is 1. The smallest absolute Gasteiger partial charge is 0.337 e. The van der Waals surface area contributed by atoms with Gasteiger partial charge in [0.25, 0.3) is 0 Å². The number of phenols is 1. The van der Waals surface area contributed by atoms with Crippen molar-refractivity contribution < 1.29 is 19.4 Å². The molecule has 5 nitrogen and oxygen atoms in total. The third kappa shape index (κ3) is 2.81. The number of rotatable bonds is 3. The van der Waals surface area contributed by atoms with Gasteiger partial charge in [0, 0.05) is 18.0 Å². The third-order valence-corrected chi connectivity index (χ3v) is 3.48. The fourth-order valence-corrected chi connectivity index (χ4v) is 2.45. The van der Waals surface area contributed by atoms with Gasteiger partial charge in [-0.05, 0) is 31.5 Å². The molecule has 1 aromatic rings. The van der Waals surface area contributed by atoms with Crippen molar-refractivity contribution >= 4 is 5.97 Å². The van der Waals surface area contributed by atoms with Gasteiger partial charge in [0.15, 0.2) is 11.5 Å². The van der Waals surface area contributed by atoms with Crippen LogP contribution in [0.4, 0.5) is 0 Å². The highest BCUT2D eigenvalue weighted by Gasteiger charge is 2.23. The van der Waals surface area contributed by atoms with E-state index < -0.39 is 5.97 Å². The zero-order valence-electron chi connectivity index (χ0n) is 11.2. The molecule has 2 rings (SSSR count). The molecule has 0 spiro atoms. The molecule has 0 aliphatic carbocycles. The molecule has 1 aliphatic rings. The summed E-state index contributed by atoms with van der Waals surface area (Å²) in [5.41, 5.74) is 1.14. The van der Waals surface area contributed by atoms with E-state index in [0.29, 0.717) is 11.3 Å². The van der Waals surface area contributed by atoms with E-state index in [-0.39, 0.29) is 11.7 Å². The average Bonchev–Trinajstić information content (AvgIpc) is 2.47. The molecule has 19 heavy (non-hydrogen) atoms. The molecular weight excluding hydrogens is 246 g/mol. The van der Waals surface area contributed by atoms with E-state index in [1.54, 1.807) is 6.07 Å². The highest BCUT2D eigenvalue weighted by atomic mass is 16.5. The molecule has 1 unspecified atom stereocenters. The normalized spacial score (nSPS) is 18.9. The molecule has 1 heterocycles. The number of carbonyl (C=O) groups excluding carboxylic acids is 1. The van der Waals surface area contributed by atoms with Crippen molar-refractivity contribution in [3.05, 3.63) is 23.3 Å². The Morgan fingerprint density at radius 2 is 2.21 bits per heavy atom. The number of ether oxygens (including phenoxy) is 2. The molecule has 0 amide bonds. The lowest BCUT2D eigenvalue weighted by Crippen LogP contribution is -2.28. The van der Waals surface area contributed by atoms with E-state index in [2.05, 4.69) is 5.32 Å². The summed E-state index contributed by atoms with van der Waals surface area (Å²) in [6, 6.07) is 3.20. The van der Waals surface area contributed by atoms with Crippen LogP contribution in [0.5, 0.6) is 11.5 Å². The van der Waals surface area contributed by atoms with Gasteiger partial charge in [-0.2, -0.15) is 0 Å². The molecule has 104 valence electrons. The van der Waals surface area contributed by atoms with Gasteiger partial charge in [0.05, 0.1) is 19.8 Å².